The smallest absolute Gasteiger partial charge is 0.306 e. The van der Waals surface area contributed by atoms with Gasteiger partial charge in [-0.2, -0.15) is 4.98 Å². The van der Waals surface area contributed by atoms with E-state index in [1.807, 2.05) is 0 Å². The fraction of sp³-hybridized carbons (Fsp3) is 0.250. The third-order valence-electron chi connectivity index (χ3n) is 4.50. The van der Waals surface area contributed by atoms with E-state index in [9.17, 15) is 14.7 Å². The Bertz CT molecular complexity index is 1080. The predicted octanol–water partition coefficient (Wildman–Crippen LogP) is 2.11. The first kappa shape index (κ1) is 19.2. The highest BCUT2D eigenvalue weighted by Crippen LogP contribution is 2.41. The van der Waals surface area contributed by atoms with Crippen LogP contribution in [0, 0.1) is 0 Å². The standard InChI is InChI=1S/C20H20N2O6/c1-26-14-8-6-7-12(18(14)28-3)13(11-16(23)27-2)17-19(24)21-15-9-4-5-10-22(15)20(17)25/h4-10,13,24H,11H2,1-3H3. The quantitative estimate of drug-likeness (QED) is 0.650. The number of carbonyl (C=O) groups excluding carboxylic acids is 1. The molecular weight excluding hydrogens is 364 g/mol. The molecule has 2 aromatic heterocycles. The minimum Gasteiger partial charge on any atom is -0.493 e. The summed E-state index contributed by atoms with van der Waals surface area (Å²) in [6, 6.07) is 10.1. The van der Waals surface area contributed by atoms with Crippen molar-refractivity contribution in [1.82, 2.24) is 9.38 Å². The van der Waals surface area contributed by atoms with E-state index >= 15 is 0 Å². The van der Waals surface area contributed by atoms with E-state index in [1.54, 1.807) is 42.6 Å². The fourth-order valence-electron chi connectivity index (χ4n) is 3.20. The number of aromatic hydroxyl groups is 1. The molecular formula is C20H20N2O6. The number of pyridine rings is 1. The lowest BCUT2D eigenvalue weighted by atomic mass is 9.88. The number of hydrogen-bond acceptors (Lipinski definition) is 7. The van der Waals surface area contributed by atoms with Gasteiger partial charge in [0.1, 0.15) is 5.65 Å². The van der Waals surface area contributed by atoms with Crippen molar-refractivity contribution >= 4 is 11.6 Å². The number of carbonyl (C=O) groups is 1. The molecule has 2 heterocycles. The summed E-state index contributed by atoms with van der Waals surface area (Å²) in [4.78, 5) is 29.3. The van der Waals surface area contributed by atoms with Crippen LogP contribution in [0.5, 0.6) is 17.4 Å². The van der Waals surface area contributed by atoms with Gasteiger partial charge in [-0.05, 0) is 18.2 Å². The van der Waals surface area contributed by atoms with Crippen LogP contribution in [0.3, 0.4) is 0 Å². The molecule has 0 aliphatic rings. The summed E-state index contributed by atoms with van der Waals surface area (Å²) >= 11 is 0. The Morgan fingerprint density at radius 3 is 2.61 bits per heavy atom. The number of para-hydroxylation sites is 1. The van der Waals surface area contributed by atoms with Gasteiger partial charge in [0.15, 0.2) is 11.5 Å². The summed E-state index contributed by atoms with van der Waals surface area (Å²) in [5.74, 6) is -1.06. The van der Waals surface area contributed by atoms with E-state index in [-0.39, 0.29) is 12.0 Å². The first-order valence-corrected chi connectivity index (χ1v) is 8.49. The number of aromatic nitrogens is 2. The molecule has 1 atom stereocenters. The minimum absolute atomic E-state index is 0.0272. The first-order chi connectivity index (χ1) is 13.5. The molecule has 1 unspecified atom stereocenters. The van der Waals surface area contributed by atoms with Gasteiger partial charge in [-0.25, -0.2) is 0 Å². The van der Waals surface area contributed by atoms with Gasteiger partial charge in [-0.1, -0.05) is 18.2 Å². The number of benzene rings is 1. The highest BCUT2D eigenvalue weighted by atomic mass is 16.5. The van der Waals surface area contributed by atoms with Gasteiger partial charge in [0.05, 0.1) is 33.3 Å². The molecule has 146 valence electrons. The van der Waals surface area contributed by atoms with Crippen LogP contribution < -0.4 is 15.0 Å². The Morgan fingerprint density at radius 2 is 1.93 bits per heavy atom. The lowest BCUT2D eigenvalue weighted by Crippen LogP contribution is -2.24. The van der Waals surface area contributed by atoms with Crippen LogP contribution in [0.15, 0.2) is 47.4 Å². The van der Waals surface area contributed by atoms with E-state index in [0.717, 1.165) is 0 Å². The van der Waals surface area contributed by atoms with Crippen LogP contribution in [0.4, 0.5) is 0 Å². The molecule has 0 saturated heterocycles. The second-order valence-electron chi connectivity index (χ2n) is 6.00. The van der Waals surface area contributed by atoms with Crippen LogP contribution in [0.25, 0.3) is 5.65 Å². The molecule has 8 heteroatoms. The Morgan fingerprint density at radius 1 is 1.14 bits per heavy atom. The number of esters is 1. The number of methoxy groups -OCH3 is 3. The zero-order chi connectivity index (χ0) is 20.3. The fourth-order valence-corrected chi connectivity index (χ4v) is 3.20. The third-order valence-corrected chi connectivity index (χ3v) is 4.50. The molecule has 0 amide bonds. The van der Waals surface area contributed by atoms with E-state index in [2.05, 4.69) is 4.98 Å². The van der Waals surface area contributed by atoms with Crippen molar-refractivity contribution in [3.8, 4) is 17.4 Å². The van der Waals surface area contributed by atoms with Crippen LogP contribution in [0.2, 0.25) is 0 Å². The van der Waals surface area contributed by atoms with Crippen molar-refractivity contribution in [3.05, 3.63) is 64.1 Å². The summed E-state index contributed by atoms with van der Waals surface area (Å²) in [7, 11) is 4.20. The molecule has 8 nitrogen and oxygen atoms in total. The SMILES string of the molecule is COC(=O)CC(c1cccc(OC)c1OC)c1c(O)nc2ccccn2c1=O. The zero-order valence-corrected chi connectivity index (χ0v) is 15.7. The molecule has 28 heavy (non-hydrogen) atoms. The van der Waals surface area contributed by atoms with Gasteiger partial charge in [-0.15, -0.1) is 0 Å². The zero-order valence-electron chi connectivity index (χ0n) is 15.7. The second-order valence-corrected chi connectivity index (χ2v) is 6.00. The van der Waals surface area contributed by atoms with Crippen molar-refractivity contribution in [3.63, 3.8) is 0 Å². The molecule has 0 saturated carbocycles. The minimum atomic E-state index is -0.852. The average molecular weight is 384 g/mol. The summed E-state index contributed by atoms with van der Waals surface area (Å²) < 4.78 is 16.9. The predicted molar refractivity (Wildman–Crippen MR) is 101 cm³/mol. The Labute approximate surface area is 160 Å². The van der Waals surface area contributed by atoms with Gasteiger partial charge in [0, 0.05) is 17.7 Å². The van der Waals surface area contributed by atoms with Crippen molar-refractivity contribution < 1.29 is 24.1 Å². The maximum absolute atomic E-state index is 13.1. The summed E-state index contributed by atoms with van der Waals surface area (Å²) in [6.45, 7) is 0. The molecule has 0 aliphatic heterocycles. The largest absolute Gasteiger partial charge is 0.493 e. The normalized spacial score (nSPS) is 11.8. The van der Waals surface area contributed by atoms with Gasteiger partial charge < -0.3 is 19.3 Å². The van der Waals surface area contributed by atoms with Gasteiger partial charge in [0.25, 0.3) is 5.56 Å². The Hall–Kier alpha value is -3.55. The van der Waals surface area contributed by atoms with Crippen LogP contribution >= 0.6 is 0 Å². The lowest BCUT2D eigenvalue weighted by Gasteiger charge is -2.21. The molecule has 0 spiro atoms. The molecule has 1 N–H and O–H groups in total. The van der Waals surface area contributed by atoms with E-state index in [1.165, 1.54) is 25.7 Å². The molecule has 3 rings (SSSR count). The lowest BCUT2D eigenvalue weighted by molar-refractivity contribution is -0.140. The summed E-state index contributed by atoms with van der Waals surface area (Å²) in [6.07, 6.45) is 1.36. The van der Waals surface area contributed by atoms with Crippen LogP contribution in [-0.2, 0) is 9.53 Å². The van der Waals surface area contributed by atoms with Crippen molar-refractivity contribution in [1.29, 1.82) is 0 Å². The maximum Gasteiger partial charge on any atom is 0.306 e. The highest BCUT2D eigenvalue weighted by molar-refractivity contribution is 5.72. The van der Waals surface area contributed by atoms with Gasteiger partial charge in [0.2, 0.25) is 5.88 Å². The topological polar surface area (TPSA) is 99.4 Å². The number of hydrogen-bond donors (Lipinski definition) is 1. The average Bonchev–Trinajstić information content (AvgIpc) is 2.72. The Balaban J connectivity index is 2.30. The van der Waals surface area contributed by atoms with Crippen molar-refractivity contribution in [2.45, 2.75) is 12.3 Å². The summed E-state index contributed by atoms with van der Waals surface area (Å²) in [5.41, 5.74) is 0.281. The number of rotatable bonds is 6. The molecule has 0 aliphatic carbocycles. The first-order valence-electron chi connectivity index (χ1n) is 8.49. The highest BCUT2D eigenvalue weighted by Gasteiger charge is 2.30. The molecule has 0 radical (unpaired) electrons. The second kappa shape index (κ2) is 7.99. The Kier molecular flexibility index (Phi) is 5.49. The number of ether oxygens (including phenoxy) is 3. The van der Waals surface area contributed by atoms with E-state index < -0.39 is 23.3 Å². The number of fused-ring (bicyclic) bond motifs is 1. The van der Waals surface area contributed by atoms with Crippen LogP contribution in [0.1, 0.15) is 23.5 Å². The number of nitrogens with zero attached hydrogens (tertiary/aromatic N) is 2. The maximum atomic E-state index is 13.1. The van der Waals surface area contributed by atoms with Gasteiger partial charge >= 0.3 is 5.97 Å². The van der Waals surface area contributed by atoms with Crippen molar-refractivity contribution in [2.24, 2.45) is 0 Å². The monoisotopic (exact) mass is 384 g/mol. The molecule has 1 aromatic carbocycles. The molecule has 0 bridgehead atoms. The van der Waals surface area contributed by atoms with Crippen molar-refractivity contribution in [2.75, 3.05) is 21.3 Å². The third kappa shape index (κ3) is 3.36. The molecule has 3 aromatic rings. The summed E-state index contributed by atoms with van der Waals surface area (Å²) in [5, 5.41) is 10.5. The van der Waals surface area contributed by atoms with Crippen LogP contribution in [-0.4, -0.2) is 41.8 Å². The van der Waals surface area contributed by atoms with E-state index in [4.69, 9.17) is 14.2 Å². The van der Waals surface area contributed by atoms with E-state index in [0.29, 0.717) is 22.7 Å². The molecule has 0 fully saturated rings. The van der Waals surface area contributed by atoms with Gasteiger partial charge in [-0.3, -0.25) is 14.0 Å².